The SMILES string of the molecule is CCc1cc(C(=O)N(C)CC(=O)Nc2ccccc2SC)n[nH]1. The Bertz CT molecular complexity index is 699. The smallest absolute Gasteiger partial charge is 0.274 e. The van der Waals surface area contributed by atoms with Crippen LogP contribution in [0.25, 0.3) is 0 Å². The monoisotopic (exact) mass is 332 g/mol. The molecule has 1 aromatic carbocycles. The van der Waals surface area contributed by atoms with Gasteiger partial charge < -0.3 is 10.2 Å². The highest BCUT2D eigenvalue weighted by Gasteiger charge is 2.18. The molecule has 2 amide bonds. The third kappa shape index (κ3) is 4.35. The molecule has 0 spiro atoms. The number of nitrogens with zero attached hydrogens (tertiary/aromatic N) is 2. The van der Waals surface area contributed by atoms with E-state index >= 15 is 0 Å². The summed E-state index contributed by atoms with van der Waals surface area (Å²) in [6.45, 7) is 1.94. The average Bonchev–Trinajstić information content (AvgIpc) is 3.03. The van der Waals surface area contributed by atoms with E-state index in [4.69, 9.17) is 0 Å². The van der Waals surface area contributed by atoms with E-state index in [2.05, 4.69) is 15.5 Å². The normalized spacial score (nSPS) is 10.4. The minimum absolute atomic E-state index is 0.0319. The van der Waals surface area contributed by atoms with Crippen molar-refractivity contribution in [1.29, 1.82) is 0 Å². The van der Waals surface area contributed by atoms with Crippen LogP contribution in [0.3, 0.4) is 0 Å². The summed E-state index contributed by atoms with van der Waals surface area (Å²) in [5.41, 5.74) is 1.96. The standard InChI is InChI=1S/C16H20N4O2S/c1-4-11-9-13(19-18-11)16(22)20(2)10-15(21)17-12-7-5-6-8-14(12)23-3/h5-9H,4,10H2,1-3H3,(H,17,21)(H,18,19). The van der Waals surface area contributed by atoms with E-state index in [0.717, 1.165) is 22.7 Å². The molecule has 2 aromatic rings. The number of likely N-dealkylation sites (N-methyl/N-ethyl adjacent to an activating group) is 1. The van der Waals surface area contributed by atoms with E-state index in [0.29, 0.717) is 5.69 Å². The zero-order chi connectivity index (χ0) is 16.8. The molecule has 0 atom stereocenters. The Hall–Kier alpha value is -2.28. The van der Waals surface area contributed by atoms with Crippen molar-refractivity contribution >= 4 is 29.3 Å². The van der Waals surface area contributed by atoms with Crippen molar-refractivity contribution < 1.29 is 9.59 Å². The number of nitrogens with one attached hydrogen (secondary N) is 2. The molecule has 0 aliphatic heterocycles. The fourth-order valence-electron chi connectivity index (χ4n) is 2.07. The predicted molar refractivity (Wildman–Crippen MR) is 91.8 cm³/mol. The third-order valence-electron chi connectivity index (χ3n) is 3.34. The molecule has 0 saturated heterocycles. The summed E-state index contributed by atoms with van der Waals surface area (Å²) in [6, 6.07) is 9.26. The number of aromatic amines is 1. The number of thioether (sulfide) groups is 1. The Morgan fingerprint density at radius 2 is 2.09 bits per heavy atom. The number of amides is 2. The lowest BCUT2D eigenvalue weighted by Gasteiger charge is -2.16. The fourth-order valence-corrected chi connectivity index (χ4v) is 2.63. The highest BCUT2D eigenvalue weighted by atomic mass is 32.2. The van der Waals surface area contributed by atoms with E-state index < -0.39 is 0 Å². The Morgan fingerprint density at radius 3 is 2.74 bits per heavy atom. The maximum absolute atomic E-state index is 12.2. The van der Waals surface area contributed by atoms with E-state index in [-0.39, 0.29) is 18.4 Å². The van der Waals surface area contributed by atoms with Crippen LogP contribution in [-0.4, -0.2) is 46.8 Å². The molecule has 7 heteroatoms. The maximum Gasteiger partial charge on any atom is 0.274 e. The largest absolute Gasteiger partial charge is 0.331 e. The third-order valence-corrected chi connectivity index (χ3v) is 4.14. The molecule has 2 N–H and O–H groups in total. The summed E-state index contributed by atoms with van der Waals surface area (Å²) in [4.78, 5) is 26.7. The zero-order valence-electron chi connectivity index (χ0n) is 13.4. The molecule has 0 bridgehead atoms. The average molecular weight is 332 g/mol. The van der Waals surface area contributed by atoms with Crippen molar-refractivity contribution in [1.82, 2.24) is 15.1 Å². The molecule has 0 radical (unpaired) electrons. The topological polar surface area (TPSA) is 78.1 Å². The first-order valence-electron chi connectivity index (χ1n) is 7.27. The molecule has 1 aromatic heterocycles. The molecule has 0 fully saturated rings. The Morgan fingerprint density at radius 1 is 1.35 bits per heavy atom. The van der Waals surface area contributed by atoms with E-state index in [1.54, 1.807) is 24.9 Å². The van der Waals surface area contributed by atoms with Crippen molar-refractivity contribution in [2.75, 3.05) is 25.2 Å². The van der Waals surface area contributed by atoms with Gasteiger partial charge in [-0.05, 0) is 30.9 Å². The first kappa shape index (κ1) is 17.1. The number of para-hydroxylation sites is 1. The molecule has 0 aliphatic rings. The molecule has 2 rings (SSSR count). The van der Waals surface area contributed by atoms with Crippen molar-refractivity contribution in [2.45, 2.75) is 18.2 Å². The van der Waals surface area contributed by atoms with Crippen molar-refractivity contribution in [3.05, 3.63) is 41.7 Å². The number of aryl methyl sites for hydroxylation is 1. The second-order valence-corrected chi connectivity index (χ2v) is 5.89. The van der Waals surface area contributed by atoms with Crippen LogP contribution < -0.4 is 5.32 Å². The van der Waals surface area contributed by atoms with Gasteiger partial charge in [0, 0.05) is 17.6 Å². The van der Waals surface area contributed by atoms with Gasteiger partial charge >= 0.3 is 0 Å². The number of benzene rings is 1. The summed E-state index contributed by atoms with van der Waals surface area (Å²) in [5, 5.41) is 9.61. The first-order chi connectivity index (χ1) is 11.0. The summed E-state index contributed by atoms with van der Waals surface area (Å²) >= 11 is 1.56. The second-order valence-electron chi connectivity index (χ2n) is 5.04. The molecule has 0 aliphatic carbocycles. The van der Waals surface area contributed by atoms with E-state index in [1.807, 2.05) is 37.4 Å². The van der Waals surface area contributed by atoms with Crippen LogP contribution in [0.15, 0.2) is 35.2 Å². The molecule has 0 saturated carbocycles. The first-order valence-corrected chi connectivity index (χ1v) is 8.50. The lowest BCUT2D eigenvalue weighted by Crippen LogP contribution is -2.35. The highest BCUT2D eigenvalue weighted by molar-refractivity contribution is 7.98. The molecule has 0 unspecified atom stereocenters. The van der Waals surface area contributed by atoms with Gasteiger partial charge in [-0.25, -0.2) is 0 Å². The molecule has 6 nitrogen and oxygen atoms in total. The summed E-state index contributed by atoms with van der Waals surface area (Å²) < 4.78 is 0. The van der Waals surface area contributed by atoms with Gasteiger partial charge in [0.15, 0.2) is 0 Å². The second kappa shape index (κ2) is 7.82. The Kier molecular flexibility index (Phi) is 5.81. The summed E-state index contributed by atoms with van der Waals surface area (Å²) in [5.74, 6) is -0.525. The number of aromatic nitrogens is 2. The van der Waals surface area contributed by atoms with Crippen LogP contribution in [-0.2, 0) is 11.2 Å². The molecule has 122 valence electrons. The van der Waals surface area contributed by atoms with Gasteiger partial charge in [0.1, 0.15) is 5.69 Å². The van der Waals surface area contributed by atoms with Gasteiger partial charge in [0.25, 0.3) is 5.91 Å². The van der Waals surface area contributed by atoms with Crippen molar-refractivity contribution in [2.24, 2.45) is 0 Å². The van der Waals surface area contributed by atoms with Gasteiger partial charge in [-0.2, -0.15) is 5.10 Å². The maximum atomic E-state index is 12.2. The van der Waals surface area contributed by atoms with E-state index in [1.165, 1.54) is 4.90 Å². The van der Waals surface area contributed by atoms with Crippen LogP contribution >= 0.6 is 11.8 Å². The van der Waals surface area contributed by atoms with Crippen molar-refractivity contribution in [3.63, 3.8) is 0 Å². The van der Waals surface area contributed by atoms with Crippen LogP contribution in [0.4, 0.5) is 5.69 Å². The zero-order valence-corrected chi connectivity index (χ0v) is 14.2. The van der Waals surface area contributed by atoms with Gasteiger partial charge in [-0.3, -0.25) is 14.7 Å². The van der Waals surface area contributed by atoms with Crippen LogP contribution in [0, 0.1) is 0 Å². The summed E-state index contributed by atoms with van der Waals surface area (Å²) in [6.07, 6.45) is 2.72. The molecular weight excluding hydrogens is 312 g/mol. The number of anilines is 1. The predicted octanol–water partition coefficient (Wildman–Crippen LogP) is 2.40. The lowest BCUT2D eigenvalue weighted by molar-refractivity contribution is -0.116. The molecule has 23 heavy (non-hydrogen) atoms. The lowest BCUT2D eigenvalue weighted by atomic mass is 10.3. The molecular formula is C16H20N4O2S. The van der Waals surface area contributed by atoms with E-state index in [9.17, 15) is 9.59 Å². The number of carbonyl (C=O) groups excluding carboxylic acids is 2. The van der Waals surface area contributed by atoms with Gasteiger partial charge in [-0.1, -0.05) is 19.1 Å². The quantitative estimate of drug-likeness (QED) is 0.796. The fraction of sp³-hybridized carbons (Fsp3) is 0.312. The van der Waals surface area contributed by atoms with Gasteiger partial charge in [-0.15, -0.1) is 11.8 Å². The number of hydrogen-bond acceptors (Lipinski definition) is 4. The number of hydrogen-bond donors (Lipinski definition) is 2. The highest BCUT2D eigenvalue weighted by Crippen LogP contribution is 2.24. The van der Waals surface area contributed by atoms with Crippen LogP contribution in [0.5, 0.6) is 0 Å². The number of rotatable bonds is 6. The summed E-state index contributed by atoms with van der Waals surface area (Å²) in [7, 11) is 1.59. The Labute approximate surface area is 139 Å². The van der Waals surface area contributed by atoms with Gasteiger partial charge in [0.2, 0.25) is 5.91 Å². The minimum atomic E-state index is -0.283. The van der Waals surface area contributed by atoms with Crippen LogP contribution in [0.1, 0.15) is 23.1 Å². The molecule has 1 heterocycles. The van der Waals surface area contributed by atoms with Crippen LogP contribution in [0.2, 0.25) is 0 Å². The van der Waals surface area contributed by atoms with Gasteiger partial charge in [0.05, 0.1) is 12.2 Å². The number of carbonyl (C=O) groups is 2. The Balaban J connectivity index is 1.97. The number of H-pyrrole nitrogens is 1. The minimum Gasteiger partial charge on any atom is -0.331 e. The van der Waals surface area contributed by atoms with Crippen molar-refractivity contribution in [3.8, 4) is 0 Å².